The van der Waals surface area contributed by atoms with Crippen molar-refractivity contribution < 1.29 is 17.9 Å². The molecular formula is C12H19ClN2O4S. The third kappa shape index (κ3) is 3.92. The molecule has 1 atom stereocenters. The Labute approximate surface area is 125 Å². The lowest BCUT2D eigenvalue weighted by atomic mass is 10.2. The quantitative estimate of drug-likeness (QED) is 0.812. The van der Waals surface area contributed by atoms with Crippen molar-refractivity contribution in [1.29, 1.82) is 0 Å². The third-order valence-corrected chi connectivity index (χ3v) is 4.86. The molecule has 20 heavy (non-hydrogen) atoms. The second-order valence-electron chi connectivity index (χ2n) is 4.13. The molecule has 2 N–H and O–H groups in total. The van der Waals surface area contributed by atoms with Crippen molar-refractivity contribution in [2.45, 2.75) is 17.9 Å². The molecule has 6 nitrogen and oxygen atoms in total. The Morgan fingerprint density at radius 2 is 2.05 bits per heavy atom. The molecule has 0 amide bonds. The molecule has 1 unspecified atom stereocenters. The minimum atomic E-state index is -3.67. The molecule has 0 spiro atoms. The van der Waals surface area contributed by atoms with Crippen LogP contribution in [0, 0.1) is 0 Å². The standard InChI is InChI=1S/C12H18N2O4S.ClH/c1-9(8-13)14(2)19(16,17)11-6-4-5-10(7-11)12(15)18-3;/h4-7,9H,8,13H2,1-3H3;1H. The molecule has 0 aliphatic rings. The Balaban J connectivity index is 0.00000361. The van der Waals surface area contributed by atoms with Gasteiger partial charge in [0.05, 0.1) is 17.6 Å². The lowest BCUT2D eigenvalue weighted by Gasteiger charge is -2.23. The average Bonchev–Trinajstić information content (AvgIpc) is 2.44. The number of carbonyl (C=O) groups is 1. The summed E-state index contributed by atoms with van der Waals surface area (Å²) in [5.74, 6) is -0.577. The van der Waals surface area contributed by atoms with Gasteiger partial charge in [0, 0.05) is 19.6 Å². The first-order valence-corrected chi connectivity index (χ1v) is 7.15. The Bertz CT molecular complexity index is 562. The third-order valence-electron chi connectivity index (χ3n) is 2.89. The number of esters is 1. The molecule has 114 valence electrons. The van der Waals surface area contributed by atoms with E-state index in [2.05, 4.69) is 4.74 Å². The molecule has 0 aromatic heterocycles. The van der Waals surface area contributed by atoms with Crippen LogP contribution in [0.5, 0.6) is 0 Å². The molecule has 1 rings (SSSR count). The van der Waals surface area contributed by atoms with Crippen LogP contribution in [0.4, 0.5) is 0 Å². The number of sulfonamides is 1. The van der Waals surface area contributed by atoms with Gasteiger partial charge in [-0.25, -0.2) is 13.2 Å². The number of hydrogen-bond donors (Lipinski definition) is 1. The fourth-order valence-corrected chi connectivity index (χ4v) is 2.87. The molecule has 0 saturated carbocycles. The zero-order valence-corrected chi connectivity index (χ0v) is 13.2. The van der Waals surface area contributed by atoms with Crippen LogP contribution in [0.15, 0.2) is 29.2 Å². The summed E-state index contributed by atoms with van der Waals surface area (Å²) in [6.45, 7) is 1.92. The smallest absolute Gasteiger partial charge is 0.337 e. The number of nitrogens with two attached hydrogens (primary N) is 1. The first kappa shape index (κ1) is 18.9. The first-order chi connectivity index (χ1) is 8.84. The fraction of sp³-hybridized carbons (Fsp3) is 0.417. The van der Waals surface area contributed by atoms with E-state index in [9.17, 15) is 13.2 Å². The normalized spacial score (nSPS) is 12.7. The molecule has 1 aromatic carbocycles. The predicted octanol–water partition coefficient (Wildman–Crippen LogP) is 0.863. The molecule has 0 aliphatic heterocycles. The Morgan fingerprint density at radius 1 is 1.45 bits per heavy atom. The molecule has 8 heteroatoms. The Morgan fingerprint density at radius 3 is 2.55 bits per heavy atom. The SMILES string of the molecule is COC(=O)c1cccc(S(=O)(=O)N(C)C(C)CN)c1.Cl. The number of methoxy groups -OCH3 is 1. The summed E-state index contributed by atoms with van der Waals surface area (Å²) in [7, 11) is -0.971. The maximum Gasteiger partial charge on any atom is 0.337 e. The number of hydrogen-bond acceptors (Lipinski definition) is 5. The summed E-state index contributed by atoms with van der Waals surface area (Å²) >= 11 is 0. The zero-order chi connectivity index (χ0) is 14.6. The topological polar surface area (TPSA) is 89.7 Å². The summed E-state index contributed by atoms with van der Waals surface area (Å²) in [6, 6.07) is 5.39. The van der Waals surface area contributed by atoms with Crippen LogP contribution in [0.3, 0.4) is 0 Å². The number of likely N-dealkylation sites (N-methyl/N-ethyl adjacent to an activating group) is 1. The van der Waals surface area contributed by atoms with Gasteiger partial charge in [-0.1, -0.05) is 6.07 Å². The molecule has 0 aliphatic carbocycles. The molecule has 1 aromatic rings. The van der Waals surface area contributed by atoms with E-state index in [1.165, 1.54) is 42.7 Å². The van der Waals surface area contributed by atoms with Crippen molar-refractivity contribution in [2.24, 2.45) is 5.73 Å². The minimum Gasteiger partial charge on any atom is -0.465 e. The van der Waals surface area contributed by atoms with Gasteiger partial charge >= 0.3 is 5.97 Å². The van der Waals surface area contributed by atoms with E-state index in [1.54, 1.807) is 6.92 Å². The monoisotopic (exact) mass is 322 g/mol. The number of carbonyl (C=O) groups excluding carboxylic acids is 1. The summed E-state index contributed by atoms with van der Waals surface area (Å²) in [4.78, 5) is 11.4. The maximum absolute atomic E-state index is 12.3. The van der Waals surface area contributed by atoms with Gasteiger partial charge in [-0.15, -0.1) is 12.4 Å². The highest BCUT2D eigenvalue weighted by molar-refractivity contribution is 7.89. The number of halogens is 1. The Kier molecular flexibility index (Phi) is 7.15. The highest BCUT2D eigenvalue weighted by Gasteiger charge is 2.25. The highest BCUT2D eigenvalue weighted by Crippen LogP contribution is 2.18. The number of nitrogens with zero attached hydrogens (tertiary/aromatic N) is 1. The summed E-state index contributed by atoms with van der Waals surface area (Å²) < 4.78 is 30.4. The van der Waals surface area contributed by atoms with E-state index in [1.807, 2.05) is 0 Å². The summed E-state index contributed by atoms with van der Waals surface area (Å²) in [5, 5.41) is 0. The van der Waals surface area contributed by atoms with Gasteiger partial charge in [0.15, 0.2) is 0 Å². The molecule has 0 bridgehead atoms. The minimum absolute atomic E-state index is 0. The van der Waals surface area contributed by atoms with E-state index < -0.39 is 16.0 Å². The maximum atomic E-state index is 12.3. The molecule has 0 radical (unpaired) electrons. The molecule has 0 fully saturated rings. The average molecular weight is 323 g/mol. The van der Waals surface area contributed by atoms with Crippen molar-refractivity contribution >= 4 is 28.4 Å². The van der Waals surface area contributed by atoms with E-state index in [0.29, 0.717) is 0 Å². The van der Waals surface area contributed by atoms with E-state index >= 15 is 0 Å². The lowest BCUT2D eigenvalue weighted by molar-refractivity contribution is 0.0600. The van der Waals surface area contributed by atoms with Crippen LogP contribution in [0.25, 0.3) is 0 Å². The Hall–Kier alpha value is -1.15. The van der Waals surface area contributed by atoms with Crippen LogP contribution >= 0.6 is 12.4 Å². The number of benzene rings is 1. The summed E-state index contributed by atoms with van der Waals surface area (Å²) in [5.41, 5.74) is 5.66. The van der Waals surface area contributed by atoms with Gasteiger partial charge in [-0.2, -0.15) is 4.31 Å². The van der Waals surface area contributed by atoms with E-state index in [0.717, 1.165) is 0 Å². The van der Waals surface area contributed by atoms with Crippen molar-refractivity contribution in [3.63, 3.8) is 0 Å². The van der Waals surface area contributed by atoms with Crippen LogP contribution < -0.4 is 5.73 Å². The largest absolute Gasteiger partial charge is 0.465 e. The van der Waals surface area contributed by atoms with Crippen LogP contribution in [0.2, 0.25) is 0 Å². The molecule has 0 heterocycles. The van der Waals surface area contributed by atoms with Crippen molar-refractivity contribution in [1.82, 2.24) is 4.31 Å². The number of ether oxygens (including phenoxy) is 1. The van der Waals surface area contributed by atoms with Crippen LogP contribution in [0.1, 0.15) is 17.3 Å². The van der Waals surface area contributed by atoms with Crippen molar-refractivity contribution in [3.05, 3.63) is 29.8 Å². The molecule has 0 saturated heterocycles. The van der Waals surface area contributed by atoms with E-state index in [4.69, 9.17) is 5.73 Å². The predicted molar refractivity (Wildman–Crippen MR) is 78.5 cm³/mol. The first-order valence-electron chi connectivity index (χ1n) is 5.71. The van der Waals surface area contributed by atoms with Gasteiger partial charge in [0.1, 0.15) is 0 Å². The van der Waals surface area contributed by atoms with Gasteiger partial charge in [0.25, 0.3) is 0 Å². The van der Waals surface area contributed by atoms with E-state index in [-0.39, 0.29) is 35.5 Å². The van der Waals surface area contributed by atoms with Crippen LogP contribution in [-0.4, -0.2) is 45.4 Å². The van der Waals surface area contributed by atoms with Crippen molar-refractivity contribution in [2.75, 3.05) is 20.7 Å². The second kappa shape index (κ2) is 7.58. The second-order valence-corrected chi connectivity index (χ2v) is 6.12. The summed E-state index contributed by atoms with van der Waals surface area (Å²) in [6.07, 6.45) is 0. The molecular weight excluding hydrogens is 304 g/mol. The van der Waals surface area contributed by atoms with Gasteiger partial charge < -0.3 is 10.5 Å². The van der Waals surface area contributed by atoms with Gasteiger partial charge in [-0.3, -0.25) is 0 Å². The van der Waals surface area contributed by atoms with Gasteiger partial charge in [-0.05, 0) is 25.1 Å². The van der Waals surface area contributed by atoms with Crippen LogP contribution in [-0.2, 0) is 14.8 Å². The lowest BCUT2D eigenvalue weighted by Crippen LogP contribution is -2.39. The fourth-order valence-electron chi connectivity index (χ4n) is 1.45. The number of rotatable bonds is 5. The van der Waals surface area contributed by atoms with Gasteiger partial charge in [0.2, 0.25) is 10.0 Å². The van der Waals surface area contributed by atoms with Crippen molar-refractivity contribution in [3.8, 4) is 0 Å². The zero-order valence-electron chi connectivity index (χ0n) is 11.6. The highest BCUT2D eigenvalue weighted by atomic mass is 35.5.